The van der Waals surface area contributed by atoms with Crippen molar-refractivity contribution in [2.45, 2.75) is 32.1 Å². The minimum atomic E-state index is 0.656. The number of aryl methyl sites for hydroxylation is 2. The standard InChI is InChI=1S/C28H35N7O/c1-3-12-24-22(8-1)10-5-16-34(24)27-30-26(29-14-7-15-33-18-20-36-21-19-33)31-28(32-27)35-17-6-11-23-9-2-4-13-25(23)35/h1-4,8-9,12-13H,5-7,10-11,14-21H2,(H,29,30,31,32). The number of nitrogens with one attached hydrogen (secondary N) is 1. The quantitative estimate of drug-likeness (QED) is 0.500. The maximum absolute atomic E-state index is 5.47. The normalized spacial score (nSPS) is 18.0. The van der Waals surface area contributed by atoms with Gasteiger partial charge in [0.1, 0.15) is 0 Å². The minimum Gasteiger partial charge on any atom is -0.379 e. The van der Waals surface area contributed by atoms with Crippen LogP contribution in [-0.4, -0.2) is 72.3 Å². The molecule has 0 radical (unpaired) electrons. The number of rotatable bonds is 7. The van der Waals surface area contributed by atoms with E-state index < -0.39 is 0 Å². The molecule has 188 valence electrons. The molecular weight excluding hydrogens is 450 g/mol. The summed E-state index contributed by atoms with van der Waals surface area (Å²) in [4.78, 5) is 21.9. The van der Waals surface area contributed by atoms with Gasteiger partial charge in [-0.3, -0.25) is 4.90 Å². The number of nitrogens with zero attached hydrogens (tertiary/aromatic N) is 6. The lowest BCUT2D eigenvalue weighted by molar-refractivity contribution is 0.0378. The van der Waals surface area contributed by atoms with Gasteiger partial charge < -0.3 is 19.9 Å². The molecule has 1 N–H and O–H groups in total. The Bertz CT molecular complexity index is 1100. The van der Waals surface area contributed by atoms with Crippen molar-refractivity contribution in [3.05, 3.63) is 59.7 Å². The van der Waals surface area contributed by atoms with Gasteiger partial charge in [-0.05, 0) is 61.9 Å². The lowest BCUT2D eigenvalue weighted by Gasteiger charge is -2.32. The fourth-order valence-corrected chi connectivity index (χ4v) is 5.48. The number of aromatic nitrogens is 3. The molecule has 3 aromatic rings. The monoisotopic (exact) mass is 485 g/mol. The van der Waals surface area contributed by atoms with Crippen LogP contribution >= 0.6 is 0 Å². The molecule has 1 saturated heterocycles. The summed E-state index contributed by atoms with van der Waals surface area (Å²) >= 11 is 0. The largest absolute Gasteiger partial charge is 0.379 e. The highest BCUT2D eigenvalue weighted by atomic mass is 16.5. The third kappa shape index (κ3) is 5.01. The van der Waals surface area contributed by atoms with Gasteiger partial charge >= 0.3 is 0 Å². The first-order valence-electron chi connectivity index (χ1n) is 13.4. The number of anilines is 5. The van der Waals surface area contributed by atoms with E-state index in [0.717, 1.165) is 96.5 Å². The summed E-state index contributed by atoms with van der Waals surface area (Å²) < 4.78 is 5.47. The average Bonchev–Trinajstić information content (AvgIpc) is 2.95. The molecule has 3 aliphatic rings. The first-order chi connectivity index (χ1) is 17.8. The fourth-order valence-electron chi connectivity index (χ4n) is 5.48. The van der Waals surface area contributed by atoms with E-state index in [4.69, 9.17) is 19.7 Å². The van der Waals surface area contributed by atoms with Crippen LogP contribution in [0.1, 0.15) is 30.4 Å². The number of benzene rings is 2. The third-order valence-corrected chi connectivity index (χ3v) is 7.35. The van der Waals surface area contributed by atoms with Gasteiger partial charge in [0, 0.05) is 44.1 Å². The molecule has 6 rings (SSSR count). The first kappa shape index (κ1) is 23.2. The Morgan fingerprint density at radius 2 is 1.31 bits per heavy atom. The molecule has 0 unspecified atom stereocenters. The molecule has 8 nitrogen and oxygen atoms in total. The van der Waals surface area contributed by atoms with E-state index in [-0.39, 0.29) is 0 Å². The van der Waals surface area contributed by atoms with Crippen molar-refractivity contribution in [2.75, 3.05) is 67.6 Å². The molecule has 0 aliphatic carbocycles. The van der Waals surface area contributed by atoms with Gasteiger partial charge in [0.2, 0.25) is 17.8 Å². The SMILES string of the molecule is c1ccc2c(c1)CCCN2c1nc(NCCCN2CCOCC2)nc(N2CCCc3ccccc32)n1. The Hall–Kier alpha value is -3.23. The van der Waals surface area contributed by atoms with Crippen LogP contribution in [0.3, 0.4) is 0 Å². The molecular formula is C28H35N7O. The van der Waals surface area contributed by atoms with Crippen molar-refractivity contribution >= 4 is 29.2 Å². The summed E-state index contributed by atoms with van der Waals surface area (Å²) in [6, 6.07) is 17.2. The molecule has 3 aliphatic heterocycles. The molecule has 0 atom stereocenters. The van der Waals surface area contributed by atoms with E-state index in [1.807, 2.05) is 0 Å². The van der Waals surface area contributed by atoms with Crippen molar-refractivity contribution < 1.29 is 4.74 Å². The van der Waals surface area contributed by atoms with E-state index in [2.05, 4.69) is 68.5 Å². The molecule has 0 bridgehead atoms. The summed E-state index contributed by atoms with van der Waals surface area (Å²) in [5.74, 6) is 2.11. The van der Waals surface area contributed by atoms with Crippen molar-refractivity contribution in [1.29, 1.82) is 0 Å². The van der Waals surface area contributed by atoms with E-state index >= 15 is 0 Å². The average molecular weight is 486 g/mol. The highest BCUT2D eigenvalue weighted by Gasteiger charge is 2.25. The van der Waals surface area contributed by atoms with Gasteiger partial charge in [-0.2, -0.15) is 15.0 Å². The maximum atomic E-state index is 5.47. The molecule has 0 saturated carbocycles. The van der Waals surface area contributed by atoms with Gasteiger partial charge in [0.05, 0.1) is 13.2 Å². The number of para-hydroxylation sites is 2. The second-order valence-corrected chi connectivity index (χ2v) is 9.76. The van der Waals surface area contributed by atoms with Crippen LogP contribution in [-0.2, 0) is 17.6 Å². The highest BCUT2D eigenvalue weighted by Crippen LogP contribution is 2.35. The summed E-state index contributed by atoms with van der Waals surface area (Å²) in [7, 11) is 0. The topological polar surface area (TPSA) is 69.7 Å². The Morgan fingerprint density at radius 1 is 0.722 bits per heavy atom. The van der Waals surface area contributed by atoms with Crippen LogP contribution in [0, 0.1) is 0 Å². The van der Waals surface area contributed by atoms with Crippen LogP contribution < -0.4 is 15.1 Å². The second-order valence-electron chi connectivity index (χ2n) is 9.76. The Labute approximate surface area is 213 Å². The van der Waals surface area contributed by atoms with Gasteiger partial charge in [-0.1, -0.05) is 36.4 Å². The fraction of sp³-hybridized carbons (Fsp3) is 0.464. The van der Waals surface area contributed by atoms with E-state index in [9.17, 15) is 0 Å². The highest BCUT2D eigenvalue weighted by molar-refractivity contribution is 5.68. The van der Waals surface area contributed by atoms with Gasteiger partial charge in [-0.15, -0.1) is 0 Å². The summed E-state index contributed by atoms with van der Waals surface area (Å²) in [5, 5.41) is 3.52. The number of morpholine rings is 1. The van der Waals surface area contributed by atoms with Crippen molar-refractivity contribution in [3.63, 3.8) is 0 Å². The lowest BCUT2D eigenvalue weighted by atomic mass is 10.0. The Kier molecular flexibility index (Phi) is 6.96. The van der Waals surface area contributed by atoms with Crippen molar-refractivity contribution in [2.24, 2.45) is 0 Å². The predicted octanol–water partition coefficient (Wildman–Crippen LogP) is 4.17. The second kappa shape index (κ2) is 10.8. The van der Waals surface area contributed by atoms with Gasteiger partial charge in [0.25, 0.3) is 0 Å². The van der Waals surface area contributed by atoms with E-state index in [0.29, 0.717) is 5.95 Å². The van der Waals surface area contributed by atoms with E-state index in [1.165, 1.54) is 22.5 Å². The zero-order valence-corrected chi connectivity index (χ0v) is 20.9. The number of hydrogen-bond donors (Lipinski definition) is 1. The molecule has 0 amide bonds. The molecule has 4 heterocycles. The lowest BCUT2D eigenvalue weighted by Crippen LogP contribution is -2.37. The predicted molar refractivity (Wildman–Crippen MR) is 144 cm³/mol. The molecule has 8 heteroatoms. The molecule has 0 spiro atoms. The maximum Gasteiger partial charge on any atom is 0.236 e. The zero-order valence-electron chi connectivity index (χ0n) is 20.9. The number of hydrogen-bond acceptors (Lipinski definition) is 8. The minimum absolute atomic E-state index is 0.656. The summed E-state index contributed by atoms with van der Waals surface area (Å²) in [6.45, 7) is 7.41. The van der Waals surface area contributed by atoms with E-state index in [1.54, 1.807) is 0 Å². The van der Waals surface area contributed by atoms with Crippen molar-refractivity contribution in [1.82, 2.24) is 19.9 Å². The molecule has 1 fully saturated rings. The Balaban J connectivity index is 1.28. The Morgan fingerprint density at radius 3 is 1.92 bits per heavy atom. The molecule has 36 heavy (non-hydrogen) atoms. The molecule has 2 aromatic carbocycles. The van der Waals surface area contributed by atoms with Crippen LogP contribution in [0.4, 0.5) is 29.2 Å². The van der Waals surface area contributed by atoms with Gasteiger partial charge in [0.15, 0.2) is 0 Å². The van der Waals surface area contributed by atoms with Crippen molar-refractivity contribution in [3.8, 4) is 0 Å². The number of fused-ring (bicyclic) bond motifs is 2. The zero-order chi connectivity index (χ0) is 24.2. The first-order valence-corrected chi connectivity index (χ1v) is 13.4. The third-order valence-electron chi connectivity index (χ3n) is 7.35. The number of ether oxygens (including phenoxy) is 1. The summed E-state index contributed by atoms with van der Waals surface area (Å²) in [5.41, 5.74) is 5.12. The van der Waals surface area contributed by atoms with Crippen LogP contribution in [0.5, 0.6) is 0 Å². The van der Waals surface area contributed by atoms with Gasteiger partial charge in [-0.25, -0.2) is 0 Å². The van der Waals surface area contributed by atoms with Crippen LogP contribution in [0.25, 0.3) is 0 Å². The molecule has 1 aromatic heterocycles. The van der Waals surface area contributed by atoms with Crippen LogP contribution in [0.15, 0.2) is 48.5 Å². The summed E-state index contributed by atoms with van der Waals surface area (Å²) in [6.07, 6.45) is 5.41. The smallest absolute Gasteiger partial charge is 0.236 e. The van der Waals surface area contributed by atoms with Crippen LogP contribution in [0.2, 0.25) is 0 Å².